The largest absolute Gasteiger partial charge is 0.250 e. The van der Waals surface area contributed by atoms with Gasteiger partial charge in [-0.3, -0.25) is 0 Å². The highest BCUT2D eigenvalue weighted by Gasteiger charge is 2.18. The molecular formula is C9H13BrClNO2S2. The highest BCUT2D eigenvalue weighted by atomic mass is 79.9. The van der Waals surface area contributed by atoms with Gasteiger partial charge >= 0.3 is 0 Å². The summed E-state index contributed by atoms with van der Waals surface area (Å²) in [5.74, 6) is 0.473. The number of sulfonamides is 1. The lowest BCUT2D eigenvalue weighted by atomic mass is 10.1. The van der Waals surface area contributed by atoms with Crippen LogP contribution in [0.3, 0.4) is 0 Å². The second-order valence-electron chi connectivity index (χ2n) is 3.77. The molecule has 92 valence electrons. The molecular weight excluding hydrogens is 334 g/mol. The zero-order valence-corrected chi connectivity index (χ0v) is 12.9. The summed E-state index contributed by atoms with van der Waals surface area (Å²) in [4.78, 5) is 0. The van der Waals surface area contributed by atoms with Crippen LogP contribution in [-0.4, -0.2) is 15.0 Å². The van der Waals surface area contributed by atoms with Crippen molar-refractivity contribution in [2.75, 3.05) is 6.54 Å². The van der Waals surface area contributed by atoms with Crippen LogP contribution in [0.4, 0.5) is 0 Å². The van der Waals surface area contributed by atoms with Crippen molar-refractivity contribution < 1.29 is 8.42 Å². The summed E-state index contributed by atoms with van der Waals surface area (Å²) in [7, 11) is -3.40. The molecule has 0 bridgehead atoms. The normalized spacial score (nSPS) is 12.3. The quantitative estimate of drug-likeness (QED) is 0.887. The van der Waals surface area contributed by atoms with E-state index < -0.39 is 10.0 Å². The van der Waals surface area contributed by atoms with E-state index in [0.29, 0.717) is 21.3 Å². The van der Waals surface area contributed by atoms with Gasteiger partial charge in [0.2, 0.25) is 10.0 Å². The molecule has 0 aliphatic heterocycles. The average Bonchev–Trinajstić information content (AvgIpc) is 2.46. The predicted molar refractivity (Wildman–Crippen MR) is 71.7 cm³/mol. The Morgan fingerprint density at radius 2 is 2.19 bits per heavy atom. The minimum absolute atomic E-state index is 0.244. The number of hydrogen-bond donors (Lipinski definition) is 1. The van der Waals surface area contributed by atoms with Crippen molar-refractivity contribution in [3.05, 3.63) is 14.9 Å². The van der Waals surface area contributed by atoms with E-state index in [9.17, 15) is 8.42 Å². The minimum atomic E-state index is -3.40. The molecule has 3 nitrogen and oxygen atoms in total. The lowest BCUT2D eigenvalue weighted by Gasteiger charge is -2.06. The topological polar surface area (TPSA) is 46.2 Å². The summed E-state index contributed by atoms with van der Waals surface area (Å²) in [6, 6.07) is 1.45. The van der Waals surface area contributed by atoms with Crippen LogP contribution in [0.1, 0.15) is 20.3 Å². The van der Waals surface area contributed by atoms with Gasteiger partial charge in [-0.1, -0.05) is 25.4 Å². The molecule has 0 aliphatic rings. The van der Waals surface area contributed by atoms with Gasteiger partial charge in [0.1, 0.15) is 4.21 Å². The molecule has 0 atom stereocenters. The monoisotopic (exact) mass is 345 g/mol. The van der Waals surface area contributed by atoms with E-state index in [1.165, 1.54) is 6.07 Å². The van der Waals surface area contributed by atoms with E-state index in [4.69, 9.17) is 11.6 Å². The Kier molecular flexibility index (Phi) is 5.25. The van der Waals surface area contributed by atoms with Crippen LogP contribution in [0.25, 0.3) is 0 Å². The van der Waals surface area contributed by atoms with Gasteiger partial charge in [0, 0.05) is 6.54 Å². The van der Waals surface area contributed by atoms with Crippen LogP contribution in [0.5, 0.6) is 0 Å². The first-order valence-corrected chi connectivity index (χ1v) is 8.24. The summed E-state index contributed by atoms with van der Waals surface area (Å²) in [6.45, 7) is 4.55. The van der Waals surface area contributed by atoms with E-state index in [-0.39, 0.29) is 4.21 Å². The van der Waals surface area contributed by atoms with Crippen LogP contribution in [0.15, 0.2) is 14.1 Å². The highest BCUT2D eigenvalue weighted by Crippen LogP contribution is 2.34. The maximum atomic E-state index is 11.8. The number of thiophene rings is 1. The molecule has 0 aromatic carbocycles. The fourth-order valence-electron chi connectivity index (χ4n) is 1.01. The molecule has 0 spiro atoms. The van der Waals surface area contributed by atoms with Gasteiger partial charge in [-0.2, -0.15) is 0 Å². The number of rotatable bonds is 5. The van der Waals surface area contributed by atoms with Crippen LogP contribution >= 0.6 is 38.9 Å². The van der Waals surface area contributed by atoms with Gasteiger partial charge < -0.3 is 0 Å². The third kappa shape index (κ3) is 4.00. The fourth-order valence-corrected chi connectivity index (χ4v) is 4.50. The fraction of sp³-hybridized carbons (Fsp3) is 0.556. The molecule has 0 saturated heterocycles. The summed E-state index contributed by atoms with van der Waals surface area (Å²) >= 11 is 10.1. The van der Waals surface area contributed by atoms with Crippen LogP contribution in [-0.2, 0) is 10.0 Å². The molecule has 0 amide bonds. The minimum Gasteiger partial charge on any atom is -0.210 e. The van der Waals surface area contributed by atoms with Crippen LogP contribution < -0.4 is 4.72 Å². The maximum absolute atomic E-state index is 11.8. The number of halogens is 2. The molecule has 16 heavy (non-hydrogen) atoms. The lowest BCUT2D eigenvalue weighted by Crippen LogP contribution is -2.24. The van der Waals surface area contributed by atoms with Crippen molar-refractivity contribution in [1.82, 2.24) is 4.72 Å². The molecule has 1 aromatic rings. The SMILES string of the molecule is CC(C)CCNS(=O)(=O)c1cc(Cl)c(Br)s1. The standard InChI is InChI=1S/C9H13BrClNO2S2/c1-6(2)3-4-12-16(13,14)8-5-7(11)9(10)15-8/h5-6,12H,3-4H2,1-2H3. The molecule has 0 unspecified atom stereocenters. The molecule has 7 heteroatoms. The predicted octanol–water partition coefficient (Wildman–Crippen LogP) is 3.49. The zero-order chi connectivity index (χ0) is 12.3. The van der Waals surface area contributed by atoms with Crippen molar-refractivity contribution in [2.45, 2.75) is 24.5 Å². The van der Waals surface area contributed by atoms with Crippen molar-refractivity contribution in [2.24, 2.45) is 5.92 Å². The van der Waals surface area contributed by atoms with Gasteiger partial charge in [-0.15, -0.1) is 11.3 Å². The van der Waals surface area contributed by atoms with E-state index in [1.54, 1.807) is 0 Å². The van der Waals surface area contributed by atoms with E-state index in [0.717, 1.165) is 17.8 Å². The first-order valence-electron chi connectivity index (χ1n) is 4.77. The molecule has 0 aliphatic carbocycles. The average molecular weight is 347 g/mol. The van der Waals surface area contributed by atoms with Gasteiger partial charge in [0.05, 0.1) is 8.81 Å². The molecule has 1 N–H and O–H groups in total. The summed E-state index contributed by atoms with van der Waals surface area (Å²) < 4.78 is 27.0. The van der Waals surface area contributed by atoms with Crippen LogP contribution in [0, 0.1) is 5.92 Å². The lowest BCUT2D eigenvalue weighted by molar-refractivity contribution is 0.553. The first-order chi connectivity index (χ1) is 7.33. The van der Waals surface area contributed by atoms with Gasteiger partial charge in [0.15, 0.2) is 0 Å². The Balaban J connectivity index is 2.71. The summed E-state index contributed by atoms with van der Waals surface area (Å²) in [5, 5.41) is 0.425. The van der Waals surface area contributed by atoms with Crippen molar-refractivity contribution in [1.29, 1.82) is 0 Å². The Hall–Kier alpha value is 0.380. The second kappa shape index (κ2) is 5.82. The summed E-state index contributed by atoms with van der Waals surface area (Å²) in [6.07, 6.45) is 0.819. The Bertz CT molecular complexity index is 437. The third-order valence-corrected chi connectivity index (χ3v) is 6.31. The van der Waals surface area contributed by atoms with Crippen molar-refractivity contribution >= 4 is 48.9 Å². The molecule has 0 saturated carbocycles. The van der Waals surface area contributed by atoms with E-state index in [1.807, 2.05) is 13.8 Å². The second-order valence-corrected chi connectivity index (χ2v) is 8.54. The smallest absolute Gasteiger partial charge is 0.210 e. The molecule has 0 radical (unpaired) electrons. The molecule has 1 rings (SSSR count). The van der Waals surface area contributed by atoms with Crippen molar-refractivity contribution in [3.63, 3.8) is 0 Å². The summed E-state index contributed by atoms with van der Waals surface area (Å²) in [5.41, 5.74) is 0. The number of hydrogen-bond acceptors (Lipinski definition) is 3. The van der Waals surface area contributed by atoms with Crippen LogP contribution in [0.2, 0.25) is 5.02 Å². The van der Waals surface area contributed by atoms with Gasteiger partial charge in [-0.25, -0.2) is 13.1 Å². The third-order valence-electron chi connectivity index (χ3n) is 1.90. The number of nitrogens with one attached hydrogen (secondary N) is 1. The molecule has 0 fully saturated rings. The zero-order valence-electron chi connectivity index (χ0n) is 8.96. The van der Waals surface area contributed by atoms with Crippen molar-refractivity contribution in [3.8, 4) is 0 Å². The van der Waals surface area contributed by atoms with E-state index >= 15 is 0 Å². The molecule has 1 aromatic heterocycles. The van der Waals surface area contributed by atoms with Gasteiger partial charge in [0.25, 0.3) is 0 Å². The maximum Gasteiger partial charge on any atom is 0.250 e. The van der Waals surface area contributed by atoms with Gasteiger partial charge in [-0.05, 0) is 34.3 Å². The Labute approximate surface area is 113 Å². The molecule has 1 heterocycles. The van der Waals surface area contributed by atoms with E-state index in [2.05, 4.69) is 20.7 Å². The highest BCUT2D eigenvalue weighted by molar-refractivity contribution is 9.11. The Morgan fingerprint density at radius 3 is 2.62 bits per heavy atom. The Morgan fingerprint density at radius 1 is 1.56 bits per heavy atom. The first kappa shape index (κ1) is 14.4.